The summed E-state index contributed by atoms with van der Waals surface area (Å²) in [6, 6.07) is 7.58. The molecule has 0 bridgehead atoms. The summed E-state index contributed by atoms with van der Waals surface area (Å²) in [5.41, 5.74) is 7.00. The van der Waals surface area contributed by atoms with Gasteiger partial charge in [0, 0.05) is 23.8 Å². The minimum atomic E-state index is -0.0715. The van der Waals surface area contributed by atoms with Crippen molar-refractivity contribution < 1.29 is 0 Å². The van der Waals surface area contributed by atoms with Gasteiger partial charge in [0.15, 0.2) is 5.96 Å². The van der Waals surface area contributed by atoms with Gasteiger partial charge in [-0.2, -0.15) is 0 Å². The van der Waals surface area contributed by atoms with Crippen LogP contribution in [0.1, 0.15) is 0 Å². The van der Waals surface area contributed by atoms with Crippen molar-refractivity contribution in [3.05, 3.63) is 43.0 Å². The number of aromatic nitrogens is 2. The highest BCUT2D eigenvalue weighted by Gasteiger charge is 1.97. The standard InChI is InChI=1S/C10H11N5.ClH/c11-10(12)14-8-2-1-3-9(6-8)15-5-4-13-7-15;/h1-7H,(H4,11,12,14);1H. The van der Waals surface area contributed by atoms with Crippen LogP contribution in [0, 0.1) is 5.41 Å². The number of benzene rings is 1. The van der Waals surface area contributed by atoms with E-state index in [1.54, 1.807) is 12.5 Å². The summed E-state index contributed by atoms with van der Waals surface area (Å²) in [4.78, 5) is 3.96. The van der Waals surface area contributed by atoms with Crippen molar-refractivity contribution in [3.63, 3.8) is 0 Å². The van der Waals surface area contributed by atoms with Crippen LogP contribution in [0.4, 0.5) is 5.69 Å². The van der Waals surface area contributed by atoms with E-state index in [9.17, 15) is 0 Å². The minimum Gasteiger partial charge on any atom is -0.370 e. The predicted octanol–water partition coefficient (Wildman–Crippen LogP) is 1.60. The highest BCUT2D eigenvalue weighted by molar-refractivity contribution is 5.89. The second-order valence-corrected chi connectivity index (χ2v) is 3.06. The lowest BCUT2D eigenvalue weighted by Gasteiger charge is -2.06. The Labute approximate surface area is 99.2 Å². The summed E-state index contributed by atoms with van der Waals surface area (Å²) < 4.78 is 1.88. The Morgan fingerprint density at radius 1 is 1.44 bits per heavy atom. The molecule has 2 rings (SSSR count). The monoisotopic (exact) mass is 237 g/mol. The molecule has 0 saturated heterocycles. The molecule has 5 nitrogen and oxygen atoms in total. The molecule has 84 valence electrons. The normalized spacial score (nSPS) is 9.25. The third-order valence-corrected chi connectivity index (χ3v) is 1.93. The van der Waals surface area contributed by atoms with Gasteiger partial charge < -0.3 is 15.6 Å². The van der Waals surface area contributed by atoms with Gasteiger partial charge in [0.1, 0.15) is 0 Å². The number of nitrogens with zero attached hydrogens (tertiary/aromatic N) is 2. The Morgan fingerprint density at radius 3 is 2.88 bits per heavy atom. The molecule has 0 spiro atoms. The summed E-state index contributed by atoms with van der Waals surface area (Å²) in [6.07, 6.45) is 5.28. The van der Waals surface area contributed by atoms with Crippen LogP contribution in [0.3, 0.4) is 0 Å². The first-order valence-electron chi connectivity index (χ1n) is 4.45. The number of halogens is 1. The smallest absolute Gasteiger partial charge is 0.190 e. The Bertz CT molecular complexity index is 466. The highest BCUT2D eigenvalue weighted by Crippen LogP contribution is 2.13. The van der Waals surface area contributed by atoms with Crippen LogP contribution in [-0.2, 0) is 0 Å². The van der Waals surface area contributed by atoms with Crippen LogP contribution in [0.15, 0.2) is 43.0 Å². The quantitative estimate of drug-likeness (QED) is 0.548. The topological polar surface area (TPSA) is 79.7 Å². The van der Waals surface area contributed by atoms with Gasteiger partial charge in [0.2, 0.25) is 0 Å². The number of nitrogens with one attached hydrogen (secondary N) is 2. The van der Waals surface area contributed by atoms with Crippen molar-refractivity contribution in [2.75, 3.05) is 5.32 Å². The van der Waals surface area contributed by atoms with Gasteiger partial charge in [0.25, 0.3) is 0 Å². The van der Waals surface area contributed by atoms with Crippen molar-refractivity contribution in [2.45, 2.75) is 0 Å². The van der Waals surface area contributed by atoms with Crippen LogP contribution in [-0.4, -0.2) is 15.5 Å². The molecule has 0 amide bonds. The lowest BCUT2D eigenvalue weighted by atomic mass is 10.3. The summed E-state index contributed by atoms with van der Waals surface area (Å²) in [5, 5.41) is 9.86. The molecule has 1 aromatic heterocycles. The first-order valence-corrected chi connectivity index (χ1v) is 4.45. The van der Waals surface area contributed by atoms with Gasteiger partial charge in [-0.25, -0.2) is 4.98 Å². The molecular formula is C10H12ClN5. The number of guanidine groups is 1. The minimum absolute atomic E-state index is 0. The van der Waals surface area contributed by atoms with E-state index >= 15 is 0 Å². The number of hydrogen-bond acceptors (Lipinski definition) is 2. The lowest BCUT2D eigenvalue weighted by Crippen LogP contribution is -2.20. The molecule has 0 radical (unpaired) electrons. The Morgan fingerprint density at radius 2 is 2.25 bits per heavy atom. The van der Waals surface area contributed by atoms with E-state index in [0.717, 1.165) is 11.4 Å². The summed E-state index contributed by atoms with van der Waals surface area (Å²) in [7, 11) is 0. The fourth-order valence-electron chi connectivity index (χ4n) is 1.31. The molecule has 0 aliphatic carbocycles. The zero-order valence-electron chi connectivity index (χ0n) is 8.42. The molecule has 0 saturated carbocycles. The average molecular weight is 238 g/mol. The molecule has 6 heteroatoms. The second kappa shape index (κ2) is 5.18. The van der Waals surface area contributed by atoms with Crippen molar-refractivity contribution in [2.24, 2.45) is 5.73 Å². The molecule has 1 heterocycles. The van der Waals surface area contributed by atoms with Crippen molar-refractivity contribution in [1.82, 2.24) is 9.55 Å². The molecule has 1 aromatic carbocycles. The maximum absolute atomic E-state index is 7.12. The van der Waals surface area contributed by atoms with Crippen LogP contribution in [0.25, 0.3) is 5.69 Å². The average Bonchev–Trinajstić information content (AvgIpc) is 2.69. The van der Waals surface area contributed by atoms with Crippen LogP contribution < -0.4 is 11.1 Å². The van der Waals surface area contributed by atoms with Crippen molar-refractivity contribution in [3.8, 4) is 5.69 Å². The second-order valence-electron chi connectivity index (χ2n) is 3.06. The summed E-state index contributed by atoms with van der Waals surface area (Å²) in [5.74, 6) is -0.0715. The Hall–Kier alpha value is -2.01. The van der Waals surface area contributed by atoms with Gasteiger partial charge >= 0.3 is 0 Å². The molecule has 0 aliphatic rings. The third kappa shape index (κ3) is 2.74. The first-order chi connectivity index (χ1) is 7.25. The molecular weight excluding hydrogens is 226 g/mol. The highest BCUT2D eigenvalue weighted by atomic mass is 35.5. The third-order valence-electron chi connectivity index (χ3n) is 1.93. The van der Waals surface area contributed by atoms with Gasteiger partial charge in [-0.15, -0.1) is 12.4 Å². The van der Waals surface area contributed by atoms with E-state index in [4.69, 9.17) is 11.1 Å². The Kier molecular flexibility index (Phi) is 3.90. The Balaban J connectivity index is 0.00000128. The van der Waals surface area contributed by atoms with E-state index in [2.05, 4.69) is 10.3 Å². The van der Waals surface area contributed by atoms with Gasteiger partial charge in [-0.05, 0) is 18.2 Å². The zero-order valence-corrected chi connectivity index (χ0v) is 9.24. The van der Waals surface area contributed by atoms with Crippen molar-refractivity contribution >= 4 is 24.1 Å². The van der Waals surface area contributed by atoms with Gasteiger partial charge in [-0.3, -0.25) is 5.41 Å². The number of hydrogen-bond donors (Lipinski definition) is 3. The molecule has 0 fully saturated rings. The van der Waals surface area contributed by atoms with Gasteiger partial charge in [-0.1, -0.05) is 6.07 Å². The molecule has 0 unspecified atom stereocenters. The van der Waals surface area contributed by atoms with E-state index in [1.165, 1.54) is 0 Å². The van der Waals surface area contributed by atoms with Crippen molar-refractivity contribution in [1.29, 1.82) is 5.41 Å². The summed E-state index contributed by atoms with van der Waals surface area (Å²) >= 11 is 0. The van der Waals surface area contributed by atoms with E-state index < -0.39 is 0 Å². The molecule has 16 heavy (non-hydrogen) atoms. The first kappa shape index (κ1) is 12.1. The molecule has 0 aliphatic heterocycles. The number of rotatable bonds is 2. The van der Waals surface area contributed by atoms with E-state index in [1.807, 2.05) is 35.0 Å². The lowest BCUT2D eigenvalue weighted by molar-refractivity contribution is 1.06. The number of imidazole rings is 1. The van der Waals surface area contributed by atoms with E-state index in [-0.39, 0.29) is 18.4 Å². The fraction of sp³-hybridized carbons (Fsp3) is 0. The molecule has 2 aromatic rings. The van der Waals surface area contributed by atoms with Crippen LogP contribution in [0.2, 0.25) is 0 Å². The SMILES string of the molecule is Cl.N=C(N)Nc1cccc(-n2ccnc2)c1. The number of nitrogens with two attached hydrogens (primary N) is 1. The summed E-state index contributed by atoms with van der Waals surface area (Å²) in [6.45, 7) is 0. The van der Waals surface area contributed by atoms with Crippen LogP contribution >= 0.6 is 12.4 Å². The van der Waals surface area contributed by atoms with Gasteiger partial charge in [0.05, 0.1) is 6.33 Å². The maximum Gasteiger partial charge on any atom is 0.190 e. The predicted molar refractivity (Wildman–Crippen MR) is 66.3 cm³/mol. The largest absolute Gasteiger partial charge is 0.370 e. The molecule has 4 N–H and O–H groups in total. The fourth-order valence-corrected chi connectivity index (χ4v) is 1.31. The molecule has 0 atom stereocenters. The van der Waals surface area contributed by atoms with Crippen LogP contribution in [0.5, 0.6) is 0 Å². The van der Waals surface area contributed by atoms with E-state index in [0.29, 0.717) is 0 Å². The zero-order chi connectivity index (χ0) is 10.7. The number of anilines is 1. The maximum atomic E-state index is 7.12.